The first-order chi connectivity index (χ1) is 9.20. The lowest BCUT2D eigenvalue weighted by Gasteiger charge is -2.20. The van der Waals surface area contributed by atoms with E-state index in [0.717, 1.165) is 17.0 Å². The van der Waals surface area contributed by atoms with Gasteiger partial charge in [0.15, 0.2) is 0 Å². The highest BCUT2D eigenvalue weighted by molar-refractivity contribution is 6.35. The van der Waals surface area contributed by atoms with Crippen LogP contribution in [0.2, 0.25) is 10.0 Å². The van der Waals surface area contributed by atoms with Crippen LogP contribution in [-0.2, 0) is 6.42 Å². The first-order valence-corrected chi connectivity index (χ1v) is 7.76. The Bertz CT molecular complexity index is 454. The summed E-state index contributed by atoms with van der Waals surface area (Å²) in [6.45, 7) is 0. The summed E-state index contributed by atoms with van der Waals surface area (Å²) < 4.78 is 0. The van der Waals surface area contributed by atoms with E-state index < -0.39 is 0 Å². The zero-order valence-corrected chi connectivity index (χ0v) is 12.9. The van der Waals surface area contributed by atoms with Gasteiger partial charge in [-0.25, -0.2) is 0 Å². The van der Waals surface area contributed by atoms with E-state index in [1.165, 1.54) is 37.7 Å². The van der Waals surface area contributed by atoms with Gasteiger partial charge in [0.25, 0.3) is 0 Å². The molecule has 1 aliphatic rings. The van der Waals surface area contributed by atoms with E-state index in [4.69, 9.17) is 23.2 Å². The number of rotatable bonds is 4. The summed E-state index contributed by atoms with van der Waals surface area (Å²) in [7, 11) is 2.03. The minimum absolute atomic E-state index is 0.386. The van der Waals surface area contributed by atoms with Gasteiger partial charge in [-0.3, -0.25) is 0 Å². The molecule has 104 valence electrons. The van der Waals surface area contributed by atoms with Crippen LogP contribution in [0.1, 0.15) is 37.7 Å². The van der Waals surface area contributed by atoms with Crippen molar-refractivity contribution in [3.05, 3.63) is 45.5 Å². The Kier molecular flexibility index (Phi) is 5.75. The molecule has 0 saturated carbocycles. The zero-order valence-electron chi connectivity index (χ0n) is 11.4. The summed E-state index contributed by atoms with van der Waals surface area (Å²) in [6, 6.07) is 6.16. The number of allylic oxidation sites excluding steroid dienone is 1. The van der Waals surface area contributed by atoms with Crippen molar-refractivity contribution in [2.75, 3.05) is 7.05 Å². The molecule has 0 aromatic heterocycles. The molecule has 1 aromatic carbocycles. The van der Waals surface area contributed by atoms with Gasteiger partial charge >= 0.3 is 0 Å². The zero-order chi connectivity index (χ0) is 13.7. The van der Waals surface area contributed by atoms with Crippen molar-refractivity contribution in [3.8, 4) is 0 Å². The average Bonchev–Trinajstić information content (AvgIpc) is 2.67. The summed E-state index contributed by atoms with van der Waals surface area (Å²) in [5.74, 6) is 0. The number of likely N-dealkylation sites (N-methyl/N-ethyl adjacent to an activating group) is 1. The van der Waals surface area contributed by atoms with Gasteiger partial charge in [0.05, 0.1) is 0 Å². The first-order valence-electron chi connectivity index (χ1n) is 7.01. The van der Waals surface area contributed by atoms with Crippen molar-refractivity contribution in [1.29, 1.82) is 0 Å². The maximum absolute atomic E-state index is 6.27. The molecular weight excluding hydrogens is 277 g/mol. The lowest BCUT2D eigenvalue weighted by atomic mass is 9.95. The van der Waals surface area contributed by atoms with E-state index in [-0.39, 0.29) is 0 Å². The van der Waals surface area contributed by atoms with Crippen molar-refractivity contribution < 1.29 is 0 Å². The molecule has 3 heteroatoms. The fourth-order valence-corrected chi connectivity index (χ4v) is 3.17. The minimum atomic E-state index is 0.386. The highest BCUT2D eigenvalue weighted by atomic mass is 35.5. The van der Waals surface area contributed by atoms with Gasteiger partial charge < -0.3 is 5.32 Å². The maximum atomic E-state index is 6.27. The molecule has 0 spiro atoms. The molecule has 1 N–H and O–H groups in total. The number of nitrogens with one attached hydrogen (secondary N) is 1. The van der Waals surface area contributed by atoms with Crippen LogP contribution >= 0.6 is 23.2 Å². The molecular formula is C16H21Cl2N. The normalized spacial score (nSPS) is 17.7. The topological polar surface area (TPSA) is 12.0 Å². The molecule has 1 unspecified atom stereocenters. The lowest BCUT2D eigenvalue weighted by Crippen LogP contribution is -2.29. The van der Waals surface area contributed by atoms with Crippen LogP contribution in [0.4, 0.5) is 0 Å². The molecule has 2 rings (SSSR count). The predicted octanol–water partition coefficient (Wildman–Crippen LogP) is 5.01. The molecule has 1 aliphatic carbocycles. The fourth-order valence-electron chi connectivity index (χ4n) is 2.68. The van der Waals surface area contributed by atoms with Crippen LogP contribution in [0, 0.1) is 0 Å². The van der Waals surface area contributed by atoms with Crippen LogP contribution in [0.25, 0.3) is 0 Å². The summed E-state index contributed by atoms with van der Waals surface area (Å²) >= 11 is 12.2. The Morgan fingerprint density at radius 1 is 1.21 bits per heavy atom. The molecule has 0 amide bonds. The van der Waals surface area contributed by atoms with Gasteiger partial charge in [-0.1, -0.05) is 47.3 Å². The second kappa shape index (κ2) is 7.33. The van der Waals surface area contributed by atoms with Crippen molar-refractivity contribution in [2.24, 2.45) is 0 Å². The Balaban J connectivity index is 2.11. The second-order valence-electron chi connectivity index (χ2n) is 5.16. The molecule has 19 heavy (non-hydrogen) atoms. The third-order valence-electron chi connectivity index (χ3n) is 3.81. The Morgan fingerprint density at radius 2 is 2.05 bits per heavy atom. The van der Waals surface area contributed by atoms with Crippen LogP contribution in [0.5, 0.6) is 0 Å². The highest BCUT2D eigenvalue weighted by Crippen LogP contribution is 2.26. The number of benzene rings is 1. The van der Waals surface area contributed by atoms with Crippen molar-refractivity contribution in [2.45, 2.75) is 44.6 Å². The number of hydrogen-bond acceptors (Lipinski definition) is 1. The summed E-state index contributed by atoms with van der Waals surface area (Å²) in [5.41, 5.74) is 2.70. The van der Waals surface area contributed by atoms with Crippen LogP contribution < -0.4 is 5.32 Å². The Hall–Kier alpha value is -0.500. The Morgan fingerprint density at radius 3 is 2.79 bits per heavy atom. The molecule has 0 heterocycles. The van der Waals surface area contributed by atoms with Gasteiger partial charge in [0, 0.05) is 16.1 Å². The fraction of sp³-hybridized carbons (Fsp3) is 0.500. The first kappa shape index (κ1) is 14.9. The monoisotopic (exact) mass is 297 g/mol. The van der Waals surface area contributed by atoms with Gasteiger partial charge in [-0.05, 0) is 56.8 Å². The largest absolute Gasteiger partial charge is 0.313 e. The smallest absolute Gasteiger partial charge is 0.0453 e. The third-order valence-corrected chi connectivity index (χ3v) is 4.40. The SMILES string of the molecule is CNC(Cc1ccc(Cl)cc1Cl)C1=CCCCCC1. The van der Waals surface area contributed by atoms with Crippen molar-refractivity contribution in [3.63, 3.8) is 0 Å². The molecule has 0 aliphatic heterocycles. The molecule has 1 atom stereocenters. The molecule has 1 aromatic rings. The lowest BCUT2D eigenvalue weighted by molar-refractivity contribution is 0.597. The van der Waals surface area contributed by atoms with Crippen LogP contribution in [-0.4, -0.2) is 13.1 Å². The summed E-state index contributed by atoms with van der Waals surface area (Å²) in [6.07, 6.45) is 9.73. The molecule has 0 fully saturated rings. The van der Waals surface area contributed by atoms with E-state index in [9.17, 15) is 0 Å². The predicted molar refractivity (Wildman–Crippen MR) is 84.2 cm³/mol. The molecule has 0 saturated heterocycles. The van der Waals surface area contributed by atoms with Gasteiger partial charge in [-0.2, -0.15) is 0 Å². The van der Waals surface area contributed by atoms with Gasteiger partial charge in [-0.15, -0.1) is 0 Å². The van der Waals surface area contributed by atoms with E-state index in [1.54, 1.807) is 0 Å². The molecule has 0 bridgehead atoms. The van der Waals surface area contributed by atoms with Gasteiger partial charge in [0.2, 0.25) is 0 Å². The number of hydrogen-bond donors (Lipinski definition) is 1. The third kappa shape index (κ3) is 4.24. The standard InChI is InChI=1S/C16H21Cl2N/c1-19-16(12-6-4-2-3-5-7-12)10-13-8-9-14(17)11-15(13)18/h6,8-9,11,16,19H,2-5,7,10H2,1H3. The highest BCUT2D eigenvalue weighted by Gasteiger charge is 2.15. The minimum Gasteiger partial charge on any atom is -0.313 e. The van der Waals surface area contributed by atoms with E-state index in [1.807, 2.05) is 25.2 Å². The van der Waals surface area contributed by atoms with Crippen molar-refractivity contribution >= 4 is 23.2 Å². The number of halogens is 2. The van der Waals surface area contributed by atoms with Crippen molar-refractivity contribution in [1.82, 2.24) is 5.32 Å². The van der Waals surface area contributed by atoms with E-state index in [0.29, 0.717) is 11.1 Å². The second-order valence-corrected chi connectivity index (χ2v) is 6.00. The summed E-state index contributed by atoms with van der Waals surface area (Å²) in [5, 5.41) is 4.89. The molecule has 1 nitrogen and oxygen atoms in total. The van der Waals surface area contributed by atoms with Crippen LogP contribution in [0.15, 0.2) is 29.8 Å². The van der Waals surface area contributed by atoms with Gasteiger partial charge in [0.1, 0.15) is 0 Å². The summed E-state index contributed by atoms with van der Waals surface area (Å²) in [4.78, 5) is 0. The van der Waals surface area contributed by atoms with Crippen LogP contribution in [0.3, 0.4) is 0 Å². The molecule has 0 radical (unpaired) electrons. The maximum Gasteiger partial charge on any atom is 0.0453 e. The van der Waals surface area contributed by atoms with E-state index in [2.05, 4.69) is 11.4 Å². The Labute approximate surface area is 126 Å². The average molecular weight is 298 g/mol. The quantitative estimate of drug-likeness (QED) is 0.770. The van der Waals surface area contributed by atoms with E-state index >= 15 is 0 Å².